The van der Waals surface area contributed by atoms with Crippen LogP contribution in [0.25, 0.3) is 0 Å². The fraction of sp³-hybridized carbons (Fsp3) is 0.846. The molecule has 0 amide bonds. The molecule has 0 radical (unpaired) electrons. The number of hydrogen-bond donors (Lipinski definition) is 1. The maximum Gasteiger partial charge on any atom is 0.0467 e. The van der Waals surface area contributed by atoms with Crippen LogP contribution in [0.5, 0.6) is 0 Å². The van der Waals surface area contributed by atoms with E-state index in [0.717, 1.165) is 19.6 Å². The summed E-state index contributed by atoms with van der Waals surface area (Å²) in [4.78, 5) is 0. The van der Waals surface area contributed by atoms with E-state index >= 15 is 0 Å². The fourth-order valence-corrected chi connectivity index (χ4v) is 1.86. The van der Waals surface area contributed by atoms with Gasteiger partial charge in [-0.05, 0) is 31.1 Å². The van der Waals surface area contributed by atoms with Gasteiger partial charge >= 0.3 is 0 Å². The first kappa shape index (κ1) is 12.7. The molecule has 1 rings (SSSR count). The summed E-state index contributed by atoms with van der Waals surface area (Å²) >= 11 is 0. The van der Waals surface area contributed by atoms with Gasteiger partial charge in [-0.3, -0.25) is 0 Å². The Kier molecular flexibility index (Phi) is 5.34. The van der Waals surface area contributed by atoms with E-state index < -0.39 is 0 Å². The molecule has 1 aliphatic carbocycles. The molecule has 0 saturated carbocycles. The Morgan fingerprint density at radius 3 is 2.87 bits per heavy atom. The molecule has 0 bridgehead atoms. The van der Waals surface area contributed by atoms with Crippen molar-refractivity contribution in [3.63, 3.8) is 0 Å². The molecule has 0 aromatic rings. The van der Waals surface area contributed by atoms with Gasteiger partial charge in [0.05, 0.1) is 0 Å². The molecule has 15 heavy (non-hydrogen) atoms. The van der Waals surface area contributed by atoms with Crippen molar-refractivity contribution in [1.29, 1.82) is 0 Å². The van der Waals surface area contributed by atoms with Crippen molar-refractivity contribution in [3.05, 3.63) is 12.2 Å². The zero-order chi connectivity index (χ0) is 11.1. The normalized spacial score (nSPS) is 21.9. The van der Waals surface area contributed by atoms with Crippen LogP contribution in [0.3, 0.4) is 0 Å². The zero-order valence-electron chi connectivity index (χ0n) is 10.4. The van der Waals surface area contributed by atoms with Crippen molar-refractivity contribution in [2.24, 2.45) is 5.41 Å². The molecular formula is C13H25NO. The molecule has 1 N–H and O–H groups in total. The third-order valence-corrected chi connectivity index (χ3v) is 3.08. The molecule has 0 fully saturated rings. The summed E-state index contributed by atoms with van der Waals surface area (Å²) in [6.45, 7) is 6.53. The minimum atomic E-state index is 0.335. The first-order chi connectivity index (χ1) is 7.14. The predicted molar refractivity (Wildman–Crippen MR) is 65.1 cm³/mol. The highest BCUT2D eigenvalue weighted by molar-refractivity contribution is 4.97. The Morgan fingerprint density at radius 2 is 2.27 bits per heavy atom. The molecule has 1 atom stereocenters. The smallest absolute Gasteiger partial charge is 0.0467 e. The third kappa shape index (κ3) is 5.33. The van der Waals surface area contributed by atoms with Gasteiger partial charge in [-0.1, -0.05) is 26.0 Å². The molecule has 88 valence electrons. The first-order valence-electron chi connectivity index (χ1n) is 6.03. The SMILES string of the molecule is COCCC(C)(C)CNC1C=CCCC1. The first-order valence-corrected chi connectivity index (χ1v) is 6.03. The van der Waals surface area contributed by atoms with Crippen LogP contribution >= 0.6 is 0 Å². The number of ether oxygens (including phenoxy) is 1. The van der Waals surface area contributed by atoms with Crippen LogP contribution in [0.15, 0.2) is 12.2 Å². The second-order valence-electron chi connectivity index (χ2n) is 5.25. The van der Waals surface area contributed by atoms with E-state index in [4.69, 9.17) is 4.74 Å². The number of hydrogen-bond acceptors (Lipinski definition) is 2. The highest BCUT2D eigenvalue weighted by Gasteiger charge is 2.19. The molecule has 1 aliphatic rings. The largest absolute Gasteiger partial charge is 0.385 e. The van der Waals surface area contributed by atoms with Gasteiger partial charge in [-0.15, -0.1) is 0 Å². The monoisotopic (exact) mass is 211 g/mol. The Labute approximate surface area is 94.1 Å². The van der Waals surface area contributed by atoms with Crippen LogP contribution in [0.1, 0.15) is 39.5 Å². The number of nitrogens with one attached hydrogen (secondary N) is 1. The summed E-state index contributed by atoms with van der Waals surface area (Å²) in [5.74, 6) is 0. The summed E-state index contributed by atoms with van der Waals surface area (Å²) in [5.41, 5.74) is 0.335. The highest BCUT2D eigenvalue weighted by atomic mass is 16.5. The van der Waals surface area contributed by atoms with E-state index in [1.807, 2.05) is 0 Å². The number of rotatable bonds is 6. The van der Waals surface area contributed by atoms with E-state index in [1.54, 1.807) is 7.11 Å². The van der Waals surface area contributed by atoms with E-state index in [-0.39, 0.29) is 0 Å². The summed E-state index contributed by atoms with van der Waals surface area (Å²) in [6.07, 6.45) is 9.60. The second kappa shape index (κ2) is 6.29. The van der Waals surface area contributed by atoms with Crippen LogP contribution in [0.4, 0.5) is 0 Å². The standard InChI is InChI=1S/C13H25NO/c1-13(2,9-10-15-3)11-14-12-7-5-4-6-8-12/h5,7,12,14H,4,6,8-11H2,1-3H3. The van der Waals surface area contributed by atoms with Gasteiger partial charge in [0.1, 0.15) is 0 Å². The lowest BCUT2D eigenvalue weighted by molar-refractivity contribution is 0.149. The van der Waals surface area contributed by atoms with Gasteiger partial charge in [0.2, 0.25) is 0 Å². The highest BCUT2D eigenvalue weighted by Crippen LogP contribution is 2.20. The Hall–Kier alpha value is -0.340. The minimum Gasteiger partial charge on any atom is -0.385 e. The summed E-state index contributed by atoms with van der Waals surface area (Å²) < 4.78 is 5.13. The lowest BCUT2D eigenvalue weighted by atomic mass is 9.89. The van der Waals surface area contributed by atoms with Crippen molar-refractivity contribution in [2.45, 2.75) is 45.6 Å². The van der Waals surface area contributed by atoms with Crippen LogP contribution in [0, 0.1) is 5.41 Å². The molecule has 0 aliphatic heterocycles. The van der Waals surface area contributed by atoms with Gasteiger partial charge in [-0.25, -0.2) is 0 Å². The van der Waals surface area contributed by atoms with Gasteiger partial charge in [0, 0.05) is 26.3 Å². The molecule has 0 aromatic carbocycles. The maximum absolute atomic E-state index is 5.13. The summed E-state index contributed by atoms with van der Waals surface area (Å²) in [6, 6.07) is 0.598. The molecule has 0 spiro atoms. The van der Waals surface area contributed by atoms with Gasteiger partial charge in [0.25, 0.3) is 0 Å². The quantitative estimate of drug-likeness (QED) is 0.682. The molecule has 1 unspecified atom stereocenters. The average molecular weight is 211 g/mol. The Morgan fingerprint density at radius 1 is 1.47 bits per heavy atom. The maximum atomic E-state index is 5.13. The molecular weight excluding hydrogens is 186 g/mol. The summed E-state index contributed by atoms with van der Waals surface area (Å²) in [5, 5.41) is 3.63. The average Bonchev–Trinajstić information content (AvgIpc) is 2.25. The molecule has 2 heteroatoms. The van der Waals surface area contributed by atoms with Gasteiger partial charge in [0.15, 0.2) is 0 Å². The second-order valence-corrected chi connectivity index (χ2v) is 5.25. The lowest BCUT2D eigenvalue weighted by Crippen LogP contribution is -2.37. The van der Waals surface area contributed by atoms with Crippen LogP contribution < -0.4 is 5.32 Å². The minimum absolute atomic E-state index is 0.335. The van der Waals surface area contributed by atoms with E-state index in [2.05, 4.69) is 31.3 Å². The predicted octanol–water partition coefficient (Wildman–Crippen LogP) is 2.75. The molecule has 0 aromatic heterocycles. The Balaban J connectivity index is 2.22. The number of allylic oxidation sites excluding steroid dienone is 1. The van der Waals surface area contributed by atoms with Crippen LogP contribution in [-0.2, 0) is 4.74 Å². The van der Waals surface area contributed by atoms with Crippen molar-refractivity contribution < 1.29 is 4.74 Å². The molecule has 0 saturated heterocycles. The topological polar surface area (TPSA) is 21.3 Å². The van der Waals surface area contributed by atoms with E-state index in [9.17, 15) is 0 Å². The molecule has 0 heterocycles. The third-order valence-electron chi connectivity index (χ3n) is 3.08. The van der Waals surface area contributed by atoms with Crippen LogP contribution in [0.2, 0.25) is 0 Å². The fourth-order valence-electron chi connectivity index (χ4n) is 1.86. The van der Waals surface area contributed by atoms with Crippen molar-refractivity contribution >= 4 is 0 Å². The van der Waals surface area contributed by atoms with E-state index in [1.165, 1.54) is 19.3 Å². The zero-order valence-corrected chi connectivity index (χ0v) is 10.4. The number of methoxy groups -OCH3 is 1. The Bertz CT molecular complexity index is 199. The van der Waals surface area contributed by atoms with Crippen molar-refractivity contribution in [3.8, 4) is 0 Å². The van der Waals surface area contributed by atoms with Crippen LogP contribution in [-0.4, -0.2) is 26.3 Å². The van der Waals surface area contributed by atoms with Gasteiger partial charge < -0.3 is 10.1 Å². The molecule has 2 nitrogen and oxygen atoms in total. The summed E-state index contributed by atoms with van der Waals surface area (Å²) in [7, 11) is 1.77. The van der Waals surface area contributed by atoms with Gasteiger partial charge in [-0.2, -0.15) is 0 Å². The van der Waals surface area contributed by atoms with Crippen molar-refractivity contribution in [1.82, 2.24) is 5.32 Å². The van der Waals surface area contributed by atoms with E-state index in [0.29, 0.717) is 11.5 Å². The van der Waals surface area contributed by atoms with Crippen molar-refractivity contribution in [2.75, 3.05) is 20.3 Å². The lowest BCUT2D eigenvalue weighted by Gasteiger charge is -2.28.